The Kier molecular flexibility index (Phi) is 4.66. The molecule has 1 fully saturated rings. The zero-order valence-corrected chi connectivity index (χ0v) is 8.88. The molecule has 0 aliphatic carbocycles. The highest BCUT2D eigenvalue weighted by Gasteiger charge is 2.20. The summed E-state index contributed by atoms with van der Waals surface area (Å²) in [5.41, 5.74) is 0. The van der Waals surface area contributed by atoms with E-state index in [0.717, 1.165) is 25.8 Å². The van der Waals surface area contributed by atoms with Gasteiger partial charge >= 0.3 is 0 Å². The topological polar surface area (TPSA) is 41.1 Å². The van der Waals surface area contributed by atoms with Crippen molar-refractivity contribution >= 4 is 5.91 Å². The van der Waals surface area contributed by atoms with Crippen molar-refractivity contribution in [3.8, 4) is 0 Å². The molecule has 1 aliphatic heterocycles. The third-order valence-electron chi connectivity index (χ3n) is 2.54. The summed E-state index contributed by atoms with van der Waals surface area (Å²) in [5.74, 6) is 0.138. The summed E-state index contributed by atoms with van der Waals surface area (Å²) >= 11 is 0. The van der Waals surface area contributed by atoms with Crippen LogP contribution in [0.1, 0.15) is 32.6 Å². The summed E-state index contributed by atoms with van der Waals surface area (Å²) in [6, 6.07) is 0.222. The van der Waals surface area contributed by atoms with Gasteiger partial charge in [0.1, 0.15) is 0 Å². The first-order valence-electron chi connectivity index (χ1n) is 5.38. The van der Waals surface area contributed by atoms with Crippen LogP contribution in [0.3, 0.4) is 0 Å². The van der Waals surface area contributed by atoms with Crippen molar-refractivity contribution in [2.45, 2.75) is 44.7 Å². The molecule has 0 aromatic heterocycles. The Balaban J connectivity index is 2.28. The number of piperidine rings is 1. The lowest BCUT2D eigenvalue weighted by molar-refractivity contribution is -0.124. The van der Waals surface area contributed by atoms with Gasteiger partial charge in [-0.25, -0.2) is 0 Å². The van der Waals surface area contributed by atoms with Crippen LogP contribution in [-0.2, 0) is 4.79 Å². The molecule has 0 aromatic rings. The highest BCUT2D eigenvalue weighted by molar-refractivity contribution is 5.82. The Bertz CT molecular complexity index is 197. The van der Waals surface area contributed by atoms with E-state index in [4.69, 9.17) is 0 Å². The zero-order chi connectivity index (χ0) is 10.4. The third-order valence-corrected chi connectivity index (χ3v) is 2.54. The Labute approximate surface area is 86.0 Å². The molecule has 14 heavy (non-hydrogen) atoms. The highest BCUT2D eigenvalue weighted by Crippen LogP contribution is 2.07. The van der Waals surface area contributed by atoms with Crippen molar-refractivity contribution in [2.24, 2.45) is 0 Å². The Morgan fingerprint density at radius 2 is 2.50 bits per heavy atom. The Hall–Kier alpha value is -0.830. The second-order valence-electron chi connectivity index (χ2n) is 3.94. The molecular weight excluding hydrogens is 176 g/mol. The van der Waals surface area contributed by atoms with Gasteiger partial charge in [0.05, 0.1) is 6.04 Å². The van der Waals surface area contributed by atoms with Crippen LogP contribution in [0.25, 0.3) is 0 Å². The van der Waals surface area contributed by atoms with E-state index in [2.05, 4.69) is 17.2 Å². The first-order chi connectivity index (χ1) is 6.74. The monoisotopic (exact) mass is 196 g/mol. The average molecular weight is 196 g/mol. The van der Waals surface area contributed by atoms with Gasteiger partial charge in [-0.1, -0.05) is 12.5 Å². The molecule has 0 saturated carbocycles. The first kappa shape index (κ1) is 11.2. The van der Waals surface area contributed by atoms with Crippen molar-refractivity contribution in [3.63, 3.8) is 0 Å². The summed E-state index contributed by atoms with van der Waals surface area (Å²) in [7, 11) is 0. The van der Waals surface area contributed by atoms with Crippen LogP contribution < -0.4 is 10.6 Å². The SMILES string of the molecule is C=CCC(C)NC(=O)[C@@H]1CCCCN1. The van der Waals surface area contributed by atoms with Gasteiger partial charge in [-0.3, -0.25) is 4.79 Å². The molecule has 1 aliphatic rings. The lowest BCUT2D eigenvalue weighted by atomic mass is 10.0. The number of carbonyl (C=O) groups is 1. The Morgan fingerprint density at radius 3 is 3.07 bits per heavy atom. The fourth-order valence-corrected chi connectivity index (χ4v) is 1.73. The maximum Gasteiger partial charge on any atom is 0.237 e. The molecule has 2 N–H and O–H groups in total. The fraction of sp³-hybridized carbons (Fsp3) is 0.727. The molecule has 2 atom stereocenters. The summed E-state index contributed by atoms with van der Waals surface area (Å²) in [6.07, 6.45) is 5.97. The van der Waals surface area contributed by atoms with Gasteiger partial charge in [0.15, 0.2) is 0 Å². The molecule has 1 heterocycles. The second-order valence-corrected chi connectivity index (χ2v) is 3.94. The van der Waals surface area contributed by atoms with E-state index in [1.165, 1.54) is 6.42 Å². The molecule has 1 rings (SSSR count). The average Bonchev–Trinajstić information content (AvgIpc) is 2.19. The van der Waals surface area contributed by atoms with Crippen LogP contribution in [0.4, 0.5) is 0 Å². The van der Waals surface area contributed by atoms with Crippen molar-refractivity contribution in [1.29, 1.82) is 0 Å². The van der Waals surface area contributed by atoms with Crippen LogP contribution in [-0.4, -0.2) is 24.5 Å². The predicted octanol–water partition coefficient (Wildman–Crippen LogP) is 1.21. The second kappa shape index (κ2) is 5.81. The number of rotatable bonds is 4. The minimum absolute atomic E-state index is 0.0241. The molecule has 0 aromatic carbocycles. The van der Waals surface area contributed by atoms with E-state index in [1.807, 2.05) is 13.0 Å². The van der Waals surface area contributed by atoms with Crippen LogP contribution in [0.15, 0.2) is 12.7 Å². The maximum atomic E-state index is 11.7. The standard InChI is InChI=1S/C11H20N2O/c1-3-6-9(2)13-11(14)10-7-4-5-8-12-10/h3,9-10,12H,1,4-8H2,2H3,(H,13,14)/t9?,10-/m0/s1. The van der Waals surface area contributed by atoms with Gasteiger partial charge in [-0.05, 0) is 32.7 Å². The molecule has 80 valence electrons. The van der Waals surface area contributed by atoms with E-state index < -0.39 is 0 Å². The van der Waals surface area contributed by atoms with Crippen LogP contribution in [0, 0.1) is 0 Å². The van der Waals surface area contributed by atoms with E-state index >= 15 is 0 Å². The molecule has 0 radical (unpaired) electrons. The van der Waals surface area contributed by atoms with Crippen molar-refractivity contribution in [1.82, 2.24) is 10.6 Å². The fourth-order valence-electron chi connectivity index (χ4n) is 1.73. The quantitative estimate of drug-likeness (QED) is 0.664. The van der Waals surface area contributed by atoms with Crippen molar-refractivity contribution < 1.29 is 4.79 Å². The van der Waals surface area contributed by atoms with E-state index in [-0.39, 0.29) is 18.0 Å². The zero-order valence-electron chi connectivity index (χ0n) is 8.88. The minimum Gasteiger partial charge on any atom is -0.352 e. The van der Waals surface area contributed by atoms with Gasteiger partial charge in [-0.15, -0.1) is 6.58 Å². The highest BCUT2D eigenvalue weighted by atomic mass is 16.2. The molecule has 1 amide bonds. The number of hydrogen-bond donors (Lipinski definition) is 2. The van der Waals surface area contributed by atoms with Gasteiger partial charge in [0.25, 0.3) is 0 Å². The molecule has 1 saturated heterocycles. The summed E-state index contributed by atoms with van der Waals surface area (Å²) < 4.78 is 0. The van der Waals surface area contributed by atoms with Crippen LogP contribution in [0.5, 0.6) is 0 Å². The normalized spacial score (nSPS) is 23.9. The molecular formula is C11H20N2O. The van der Waals surface area contributed by atoms with Crippen LogP contribution >= 0.6 is 0 Å². The van der Waals surface area contributed by atoms with Gasteiger partial charge in [0.2, 0.25) is 5.91 Å². The van der Waals surface area contributed by atoms with Crippen molar-refractivity contribution in [3.05, 3.63) is 12.7 Å². The van der Waals surface area contributed by atoms with Crippen molar-refractivity contribution in [2.75, 3.05) is 6.54 Å². The number of carbonyl (C=O) groups excluding carboxylic acids is 1. The van der Waals surface area contributed by atoms with Gasteiger partial charge in [-0.2, -0.15) is 0 Å². The first-order valence-corrected chi connectivity index (χ1v) is 5.38. The summed E-state index contributed by atoms with van der Waals surface area (Å²) in [6.45, 7) is 6.62. The summed E-state index contributed by atoms with van der Waals surface area (Å²) in [5, 5.41) is 6.21. The minimum atomic E-state index is 0.0241. The smallest absolute Gasteiger partial charge is 0.237 e. The maximum absolute atomic E-state index is 11.7. The summed E-state index contributed by atoms with van der Waals surface area (Å²) in [4.78, 5) is 11.7. The molecule has 3 heteroatoms. The molecule has 0 spiro atoms. The van der Waals surface area contributed by atoms with Gasteiger partial charge in [0, 0.05) is 6.04 Å². The predicted molar refractivity (Wildman–Crippen MR) is 58.1 cm³/mol. The lowest BCUT2D eigenvalue weighted by Crippen LogP contribution is -2.48. The van der Waals surface area contributed by atoms with Gasteiger partial charge < -0.3 is 10.6 Å². The molecule has 1 unspecified atom stereocenters. The number of amides is 1. The third kappa shape index (κ3) is 3.50. The number of nitrogens with one attached hydrogen (secondary N) is 2. The van der Waals surface area contributed by atoms with E-state index in [9.17, 15) is 4.79 Å². The number of hydrogen-bond acceptors (Lipinski definition) is 2. The van der Waals surface area contributed by atoms with E-state index in [1.54, 1.807) is 0 Å². The molecule has 0 bridgehead atoms. The van der Waals surface area contributed by atoms with E-state index in [0.29, 0.717) is 0 Å². The Morgan fingerprint density at radius 1 is 1.71 bits per heavy atom. The largest absolute Gasteiger partial charge is 0.352 e. The van der Waals surface area contributed by atoms with Crippen LogP contribution in [0.2, 0.25) is 0 Å². The lowest BCUT2D eigenvalue weighted by Gasteiger charge is -2.24. The molecule has 3 nitrogen and oxygen atoms in total.